The lowest BCUT2D eigenvalue weighted by atomic mass is 9.89. The minimum absolute atomic E-state index is 0.0471. The molecule has 2 unspecified atom stereocenters. The summed E-state index contributed by atoms with van der Waals surface area (Å²) in [6.45, 7) is 0.854. The molecule has 0 spiro atoms. The first-order valence-electron chi connectivity index (χ1n) is 7.16. The Kier molecular flexibility index (Phi) is 3.37. The largest absolute Gasteiger partial charge is 0.459 e. The van der Waals surface area contributed by atoms with Gasteiger partial charge in [0, 0.05) is 6.61 Å². The van der Waals surface area contributed by atoms with E-state index in [4.69, 9.17) is 9.47 Å². The number of ether oxygens (including phenoxy) is 2. The Labute approximate surface area is 103 Å². The van der Waals surface area contributed by atoms with Crippen molar-refractivity contribution in [3.63, 3.8) is 0 Å². The van der Waals surface area contributed by atoms with Gasteiger partial charge in [-0.05, 0) is 38.0 Å². The number of hydrogen-bond donors (Lipinski definition) is 0. The zero-order valence-electron chi connectivity index (χ0n) is 10.4. The number of fused-ring (bicyclic) bond motifs is 1. The standard InChI is InChI=1S/C14H22O3/c15-14(11-4-2-1-3-5-11)17-12-7-6-10-8-9-16-13(10)12/h10-13H,1-9H2/t10?,12-,13?/m1/s1. The van der Waals surface area contributed by atoms with Crippen molar-refractivity contribution >= 4 is 5.97 Å². The molecule has 96 valence electrons. The average molecular weight is 238 g/mol. The van der Waals surface area contributed by atoms with Crippen molar-refractivity contribution in [3.8, 4) is 0 Å². The topological polar surface area (TPSA) is 35.5 Å². The molecule has 1 aliphatic heterocycles. The maximum absolute atomic E-state index is 12.1. The van der Waals surface area contributed by atoms with Crippen molar-refractivity contribution in [3.05, 3.63) is 0 Å². The Bertz CT molecular complexity index is 283. The molecule has 0 N–H and O–H groups in total. The molecule has 3 heteroatoms. The van der Waals surface area contributed by atoms with Crippen molar-refractivity contribution in [2.75, 3.05) is 6.61 Å². The van der Waals surface area contributed by atoms with Crippen molar-refractivity contribution in [2.45, 2.75) is 63.6 Å². The van der Waals surface area contributed by atoms with Crippen LogP contribution in [0.4, 0.5) is 0 Å². The summed E-state index contributed by atoms with van der Waals surface area (Å²) in [4.78, 5) is 12.1. The fourth-order valence-electron chi connectivity index (χ4n) is 3.63. The van der Waals surface area contributed by atoms with Gasteiger partial charge in [-0.25, -0.2) is 0 Å². The van der Waals surface area contributed by atoms with Crippen LogP contribution in [-0.2, 0) is 14.3 Å². The third-order valence-electron chi connectivity index (χ3n) is 4.66. The Morgan fingerprint density at radius 1 is 1.00 bits per heavy atom. The van der Waals surface area contributed by atoms with Gasteiger partial charge in [0.2, 0.25) is 0 Å². The van der Waals surface area contributed by atoms with Crippen molar-refractivity contribution in [1.29, 1.82) is 0 Å². The Morgan fingerprint density at radius 3 is 2.65 bits per heavy atom. The van der Waals surface area contributed by atoms with Crippen LogP contribution in [0.3, 0.4) is 0 Å². The Hall–Kier alpha value is -0.570. The molecule has 3 atom stereocenters. The van der Waals surface area contributed by atoms with E-state index in [9.17, 15) is 4.79 Å². The summed E-state index contributed by atoms with van der Waals surface area (Å²) in [5.74, 6) is 0.870. The van der Waals surface area contributed by atoms with E-state index in [1.807, 2.05) is 0 Å². The molecular formula is C14H22O3. The SMILES string of the molecule is O=C(O[C@@H]1CCC2CCOC21)C1CCCCC1. The molecule has 17 heavy (non-hydrogen) atoms. The van der Waals surface area contributed by atoms with Gasteiger partial charge in [-0.1, -0.05) is 19.3 Å². The predicted octanol–water partition coefficient (Wildman–Crippen LogP) is 2.68. The van der Waals surface area contributed by atoms with E-state index >= 15 is 0 Å². The van der Waals surface area contributed by atoms with Crippen LogP contribution in [0.15, 0.2) is 0 Å². The second kappa shape index (κ2) is 4.97. The summed E-state index contributed by atoms with van der Waals surface area (Å²) in [5, 5.41) is 0. The highest BCUT2D eigenvalue weighted by Gasteiger charge is 2.43. The van der Waals surface area contributed by atoms with Crippen molar-refractivity contribution in [2.24, 2.45) is 11.8 Å². The first-order chi connectivity index (χ1) is 8.34. The van der Waals surface area contributed by atoms with E-state index in [2.05, 4.69) is 0 Å². The lowest BCUT2D eigenvalue weighted by Gasteiger charge is -2.24. The van der Waals surface area contributed by atoms with Crippen molar-refractivity contribution in [1.82, 2.24) is 0 Å². The third-order valence-corrected chi connectivity index (χ3v) is 4.66. The molecule has 0 amide bonds. The van der Waals surface area contributed by atoms with Crippen LogP contribution in [-0.4, -0.2) is 24.8 Å². The van der Waals surface area contributed by atoms with E-state index < -0.39 is 0 Å². The lowest BCUT2D eigenvalue weighted by molar-refractivity contribution is -0.160. The molecule has 3 fully saturated rings. The van der Waals surface area contributed by atoms with Gasteiger partial charge in [0.15, 0.2) is 0 Å². The number of carbonyl (C=O) groups excluding carboxylic acids is 1. The summed E-state index contributed by atoms with van der Waals surface area (Å²) in [7, 11) is 0. The van der Waals surface area contributed by atoms with Crippen LogP contribution in [0, 0.1) is 11.8 Å². The summed E-state index contributed by atoms with van der Waals surface area (Å²) in [5.41, 5.74) is 0. The minimum Gasteiger partial charge on any atom is -0.459 e. The summed E-state index contributed by atoms with van der Waals surface area (Å²) >= 11 is 0. The van der Waals surface area contributed by atoms with Crippen LogP contribution < -0.4 is 0 Å². The summed E-state index contributed by atoms with van der Waals surface area (Å²) in [6.07, 6.45) is 9.31. The molecule has 0 radical (unpaired) electrons. The predicted molar refractivity (Wildman–Crippen MR) is 63.5 cm³/mol. The minimum atomic E-state index is 0.0471. The van der Waals surface area contributed by atoms with Crippen molar-refractivity contribution < 1.29 is 14.3 Å². The van der Waals surface area contributed by atoms with Gasteiger partial charge in [0.25, 0.3) is 0 Å². The van der Waals surface area contributed by atoms with Gasteiger partial charge in [0.1, 0.15) is 6.10 Å². The highest BCUT2D eigenvalue weighted by atomic mass is 16.6. The summed E-state index contributed by atoms with van der Waals surface area (Å²) < 4.78 is 11.4. The number of rotatable bonds is 2. The van der Waals surface area contributed by atoms with E-state index in [1.165, 1.54) is 25.7 Å². The van der Waals surface area contributed by atoms with Gasteiger partial charge < -0.3 is 9.47 Å². The van der Waals surface area contributed by atoms with E-state index in [1.54, 1.807) is 0 Å². The molecule has 3 nitrogen and oxygen atoms in total. The van der Waals surface area contributed by atoms with Gasteiger partial charge in [-0.2, -0.15) is 0 Å². The maximum atomic E-state index is 12.1. The molecule has 2 aliphatic carbocycles. The molecule has 0 aromatic carbocycles. The van der Waals surface area contributed by atoms with Crippen LogP contribution in [0.5, 0.6) is 0 Å². The average Bonchev–Trinajstić information content (AvgIpc) is 2.95. The molecular weight excluding hydrogens is 216 g/mol. The normalized spacial score (nSPS) is 38.0. The first kappa shape index (κ1) is 11.5. The van der Waals surface area contributed by atoms with E-state index in [0.29, 0.717) is 5.92 Å². The van der Waals surface area contributed by atoms with E-state index in [0.717, 1.165) is 32.3 Å². The molecule has 3 aliphatic rings. The second-order valence-corrected chi connectivity index (χ2v) is 5.77. The zero-order chi connectivity index (χ0) is 11.7. The number of carbonyl (C=O) groups is 1. The second-order valence-electron chi connectivity index (χ2n) is 5.77. The molecule has 0 bridgehead atoms. The smallest absolute Gasteiger partial charge is 0.309 e. The van der Waals surface area contributed by atoms with Crippen LogP contribution in [0.2, 0.25) is 0 Å². The zero-order valence-corrected chi connectivity index (χ0v) is 10.4. The Balaban J connectivity index is 1.54. The molecule has 1 saturated heterocycles. The summed E-state index contributed by atoms with van der Waals surface area (Å²) in [6, 6.07) is 0. The van der Waals surface area contributed by atoms with E-state index in [-0.39, 0.29) is 24.1 Å². The molecule has 3 rings (SSSR count). The first-order valence-corrected chi connectivity index (χ1v) is 7.16. The molecule has 2 saturated carbocycles. The quantitative estimate of drug-likeness (QED) is 0.694. The lowest BCUT2D eigenvalue weighted by Crippen LogP contribution is -2.32. The number of esters is 1. The maximum Gasteiger partial charge on any atom is 0.309 e. The molecule has 0 aromatic heterocycles. The van der Waals surface area contributed by atoms with Gasteiger partial charge in [-0.15, -0.1) is 0 Å². The fraction of sp³-hybridized carbons (Fsp3) is 0.929. The van der Waals surface area contributed by atoms with Gasteiger partial charge in [-0.3, -0.25) is 4.79 Å². The van der Waals surface area contributed by atoms with Crippen LogP contribution in [0.1, 0.15) is 51.4 Å². The van der Waals surface area contributed by atoms with Gasteiger partial charge in [0.05, 0.1) is 12.0 Å². The highest BCUT2D eigenvalue weighted by Crippen LogP contribution is 2.38. The van der Waals surface area contributed by atoms with Gasteiger partial charge >= 0.3 is 5.97 Å². The fourth-order valence-corrected chi connectivity index (χ4v) is 3.63. The highest BCUT2D eigenvalue weighted by molar-refractivity contribution is 5.72. The molecule has 1 heterocycles. The monoisotopic (exact) mass is 238 g/mol. The number of hydrogen-bond acceptors (Lipinski definition) is 3. The van der Waals surface area contributed by atoms with Crippen LogP contribution >= 0.6 is 0 Å². The molecule has 0 aromatic rings. The Morgan fingerprint density at radius 2 is 1.82 bits per heavy atom. The third kappa shape index (κ3) is 2.35. The van der Waals surface area contributed by atoms with Crippen LogP contribution in [0.25, 0.3) is 0 Å².